The van der Waals surface area contributed by atoms with Gasteiger partial charge in [0.05, 0.1) is 9.80 Å². The first-order valence-corrected chi connectivity index (χ1v) is 9.74. The Hall–Kier alpha value is -3.26. The zero-order valence-electron chi connectivity index (χ0n) is 15.6. The quantitative estimate of drug-likeness (QED) is 0.190. The smallest absolute Gasteiger partial charge is 0.311 e. The molecule has 0 aliphatic carbocycles. The fraction of sp³-hybridized carbons (Fsp3) is 0.190. The minimum absolute atomic E-state index is 0.109. The van der Waals surface area contributed by atoms with Crippen molar-refractivity contribution in [2.45, 2.75) is 26.4 Å². The van der Waals surface area contributed by atoms with E-state index in [0.717, 1.165) is 31.0 Å². The SMILES string of the molecule is CCCc1ccc(C(=O)/C=C/c2ccc(COc3cc(F)ccc3[N+](=O)[O-])o2)s1. The van der Waals surface area contributed by atoms with E-state index in [1.165, 1.54) is 22.3 Å². The zero-order chi connectivity index (χ0) is 20.8. The number of carbonyl (C=O) groups excluding carboxylic acids is 1. The number of thiophene rings is 1. The highest BCUT2D eigenvalue weighted by atomic mass is 32.1. The third kappa shape index (κ3) is 5.39. The maximum Gasteiger partial charge on any atom is 0.311 e. The van der Waals surface area contributed by atoms with Crippen LogP contribution in [0.25, 0.3) is 6.08 Å². The highest BCUT2D eigenvalue weighted by Gasteiger charge is 2.16. The van der Waals surface area contributed by atoms with Crippen LogP contribution < -0.4 is 4.74 Å². The van der Waals surface area contributed by atoms with Gasteiger partial charge in [0.25, 0.3) is 0 Å². The van der Waals surface area contributed by atoms with E-state index in [1.54, 1.807) is 18.2 Å². The molecule has 0 aliphatic rings. The van der Waals surface area contributed by atoms with Crippen molar-refractivity contribution in [2.24, 2.45) is 0 Å². The van der Waals surface area contributed by atoms with Crippen LogP contribution in [-0.2, 0) is 13.0 Å². The number of ketones is 1. The van der Waals surface area contributed by atoms with Gasteiger partial charge in [-0.25, -0.2) is 4.39 Å². The fourth-order valence-electron chi connectivity index (χ4n) is 2.60. The number of furan rings is 1. The van der Waals surface area contributed by atoms with Gasteiger partial charge in [0.15, 0.2) is 11.5 Å². The highest BCUT2D eigenvalue weighted by molar-refractivity contribution is 7.14. The van der Waals surface area contributed by atoms with Gasteiger partial charge in [0, 0.05) is 17.0 Å². The first-order chi connectivity index (χ1) is 14.0. The van der Waals surface area contributed by atoms with Gasteiger partial charge < -0.3 is 9.15 Å². The number of nitrogens with zero attached hydrogens (tertiary/aromatic N) is 1. The Morgan fingerprint density at radius 1 is 1.28 bits per heavy atom. The number of nitro groups is 1. The van der Waals surface area contributed by atoms with E-state index in [1.807, 2.05) is 12.1 Å². The van der Waals surface area contributed by atoms with Crippen molar-refractivity contribution in [3.63, 3.8) is 0 Å². The Bertz CT molecular complexity index is 1050. The third-order valence-electron chi connectivity index (χ3n) is 3.97. The molecule has 0 bridgehead atoms. The highest BCUT2D eigenvalue weighted by Crippen LogP contribution is 2.28. The van der Waals surface area contributed by atoms with E-state index in [4.69, 9.17) is 9.15 Å². The average molecular weight is 415 g/mol. The van der Waals surface area contributed by atoms with E-state index >= 15 is 0 Å². The Morgan fingerprint density at radius 3 is 2.86 bits per heavy atom. The second kappa shape index (κ2) is 9.29. The second-order valence-corrected chi connectivity index (χ2v) is 7.34. The van der Waals surface area contributed by atoms with Crippen molar-refractivity contribution >= 4 is 28.9 Å². The van der Waals surface area contributed by atoms with Crippen molar-refractivity contribution < 1.29 is 23.3 Å². The van der Waals surface area contributed by atoms with Gasteiger partial charge in [-0.1, -0.05) is 13.3 Å². The van der Waals surface area contributed by atoms with E-state index in [-0.39, 0.29) is 23.8 Å². The molecule has 3 rings (SSSR count). The van der Waals surface area contributed by atoms with Crippen molar-refractivity contribution in [3.05, 3.63) is 85.7 Å². The van der Waals surface area contributed by atoms with Crippen LogP contribution in [0.1, 0.15) is 39.4 Å². The Balaban J connectivity index is 1.62. The lowest BCUT2D eigenvalue weighted by molar-refractivity contribution is -0.386. The number of nitro benzene ring substituents is 1. The standard InChI is InChI=1S/C21H18FNO5S/c1-2-3-17-8-11-21(29-17)19(24)10-7-15-5-6-16(28-15)13-27-20-12-14(22)4-9-18(20)23(25)26/h4-12H,2-3,13H2,1H3/b10-7+. The Labute approximate surface area is 170 Å². The minimum Gasteiger partial charge on any atom is -0.479 e. The van der Waals surface area contributed by atoms with E-state index in [0.29, 0.717) is 16.4 Å². The van der Waals surface area contributed by atoms with Crippen molar-refractivity contribution in [3.8, 4) is 5.75 Å². The first-order valence-electron chi connectivity index (χ1n) is 8.93. The number of hydrogen-bond donors (Lipinski definition) is 0. The number of halogens is 1. The summed E-state index contributed by atoms with van der Waals surface area (Å²) in [5, 5.41) is 11.0. The molecule has 2 aromatic heterocycles. The molecule has 6 nitrogen and oxygen atoms in total. The lowest BCUT2D eigenvalue weighted by Gasteiger charge is -2.05. The van der Waals surface area contributed by atoms with E-state index in [9.17, 15) is 19.3 Å². The average Bonchev–Trinajstić information content (AvgIpc) is 3.34. The molecule has 29 heavy (non-hydrogen) atoms. The number of rotatable bonds is 9. The molecule has 0 aliphatic heterocycles. The molecule has 3 aromatic rings. The molecule has 0 atom stereocenters. The molecule has 150 valence electrons. The number of benzene rings is 1. The lowest BCUT2D eigenvalue weighted by atomic mass is 10.2. The van der Waals surface area contributed by atoms with Crippen LogP contribution in [0.2, 0.25) is 0 Å². The topological polar surface area (TPSA) is 82.6 Å². The Morgan fingerprint density at radius 2 is 2.10 bits per heavy atom. The van der Waals surface area contributed by atoms with Crippen molar-refractivity contribution in [2.75, 3.05) is 0 Å². The van der Waals surface area contributed by atoms with Crippen molar-refractivity contribution in [1.82, 2.24) is 0 Å². The summed E-state index contributed by atoms with van der Waals surface area (Å²) >= 11 is 1.48. The number of allylic oxidation sites excluding steroid dienone is 1. The molecular formula is C21H18FNO5S. The number of aryl methyl sites for hydroxylation is 1. The molecule has 0 saturated heterocycles. The summed E-state index contributed by atoms with van der Waals surface area (Å²) < 4.78 is 24.2. The Kier molecular flexibility index (Phi) is 6.56. The summed E-state index contributed by atoms with van der Waals surface area (Å²) in [6, 6.07) is 10.0. The largest absolute Gasteiger partial charge is 0.479 e. The number of carbonyl (C=O) groups is 1. The second-order valence-electron chi connectivity index (χ2n) is 6.18. The fourth-order valence-corrected chi connectivity index (χ4v) is 3.63. The third-order valence-corrected chi connectivity index (χ3v) is 5.13. The lowest BCUT2D eigenvalue weighted by Crippen LogP contribution is -1.99. The predicted molar refractivity (Wildman–Crippen MR) is 108 cm³/mol. The van der Waals surface area contributed by atoms with Crippen LogP contribution >= 0.6 is 11.3 Å². The summed E-state index contributed by atoms with van der Waals surface area (Å²) in [6.45, 7) is 1.98. The maximum absolute atomic E-state index is 13.3. The van der Waals surface area contributed by atoms with E-state index < -0.39 is 10.7 Å². The normalized spacial score (nSPS) is 11.1. The summed E-state index contributed by atoms with van der Waals surface area (Å²) in [5.74, 6) is -0.0999. The monoisotopic (exact) mass is 415 g/mol. The van der Waals surface area contributed by atoms with Gasteiger partial charge in [0.2, 0.25) is 0 Å². The maximum atomic E-state index is 13.3. The molecule has 0 N–H and O–H groups in total. The number of ether oxygens (including phenoxy) is 1. The molecule has 1 aromatic carbocycles. The summed E-state index contributed by atoms with van der Waals surface area (Å²) in [6.07, 6.45) is 4.96. The van der Waals surface area contributed by atoms with E-state index in [2.05, 4.69) is 6.92 Å². The molecule has 0 unspecified atom stereocenters. The predicted octanol–water partition coefficient (Wildman–Crippen LogP) is 5.82. The van der Waals surface area contributed by atoms with Crippen LogP contribution in [0, 0.1) is 15.9 Å². The minimum atomic E-state index is -0.646. The molecule has 8 heteroatoms. The van der Waals surface area contributed by atoms with Crippen LogP contribution in [-0.4, -0.2) is 10.7 Å². The van der Waals surface area contributed by atoms with Crippen LogP contribution in [0.15, 0.2) is 53.0 Å². The van der Waals surface area contributed by atoms with Crippen molar-refractivity contribution in [1.29, 1.82) is 0 Å². The van der Waals surface area contributed by atoms with Gasteiger partial charge in [-0.2, -0.15) is 0 Å². The molecule has 0 radical (unpaired) electrons. The molecular weight excluding hydrogens is 397 g/mol. The van der Waals surface area contributed by atoms with Gasteiger partial charge in [-0.3, -0.25) is 14.9 Å². The van der Waals surface area contributed by atoms with Gasteiger partial charge in [-0.15, -0.1) is 11.3 Å². The zero-order valence-corrected chi connectivity index (χ0v) is 16.4. The first kappa shape index (κ1) is 20.5. The number of hydrogen-bond acceptors (Lipinski definition) is 6. The molecule has 2 heterocycles. The summed E-state index contributed by atoms with van der Waals surface area (Å²) in [7, 11) is 0. The van der Waals surface area contributed by atoms with Gasteiger partial charge in [-0.05, 0) is 48.9 Å². The van der Waals surface area contributed by atoms with Gasteiger partial charge >= 0.3 is 5.69 Å². The van der Waals surface area contributed by atoms with Gasteiger partial charge in [0.1, 0.15) is 23.9 Å². The summed E-state index contributed by atoms with van der Waals surface area (Å²) in [4.78, 5) is 24.4. The summed E-state index contributed by atoms with van der Waals surface area (Å²) in [5.41, 5.74) is -0.331. The van der Waals surface area contributed by atoms with Crippen LogP contribution in [0.5, 0.6) is 5.75 Å². The van der Waals surface area contributed by atoms with Crippen LogP contribution in [0.3, 0.4) is 0 Å². The molecule has 0 amide bonds. The molecule has 0 fully saturated rings. The van der Waals surface area contributed by atoms with Crippen LogP contribution in [0.4, 0.5) is 10.1 Å². The molecule has 0 spiro atoms. The molecule has 0 saturated carbocycles.